The van der Waals surface area contributed by atoms with Crippen molar-refractivity contribution in [3.05, 3.63) is 60.1 Å². The largest absolute Gasteiger partial charge is 0.467 e. The van der Waals surface area contributed by atoms with Crippen LogP contribution in [0.25, 0.3) is 0 Å². The van der Waals surface area contributed by atoms with E-state index in [1.165, 1.54) is 6.26 Å². The molecule has 2 atom stereocenters. The summed E-state index contributed by atoms with van der Waals surface area (Å²) in [6.45, 7) is 0.0495. The monoisotopic (exact) mass is 275 g/mol. The lowest BCUT2D eigenvalue weighted by Gasteiger charge is -2.13. The molecule has 2 rings (SSSR count). The van der Waals surface area contributed by atoms with Crippen molar-refractivity contribution in [1.82, 2.24) is 5.32 Å². The number of aliphatic hydroxyl groups excluding tert-OH is 2. The van der Waals surface area contributed by atoms with Crippen molar-refractivity contribution in [2.24, 2.45) is 0 Å². The number of rotatable bonds is 6. The topological polar surface area (TPSA) is 82.7 Å². The maximum Gasteiger partial charge on any atom is 0.223 e. The molecule has 20 heavy (non-hydrogen) atoms. The van der Waals surface area contributed by atoms with Crippen LogP contribution >= 0.6 is 0 Å². The highest BCUT2D eigenvalue weighted by Gasteiger charge is 2.15. The molecule has 0 bridgehead atoms. The molecule has 2 unspecified atom stereocenters. The molecule has 0 saturated heterocycles. The van der Waals surface area contributed by atoms with Crippen LogP contribution in [-0.4, -0.2) is 22.7 Å². The molecule has 1 heterocycles. The predicted octanol–water partition coefficient (Wildman–Crippen LogP) is 1.55. The van der Waals surface area contributed by atoms with Crippen LogP contribution in [0.5, 0.6) is 0 Å². The summed E-state index contributed by atoms with van der Waals surface area (Å²) >= 11 is 0. The Labute approximate surface area is 116 Å². The Morgan fingerprint density at radius 3 is 2.50 bits per heavy atom. The molecule has 2 aromatic rings. The zero-order valence-electron chi connectivity index (χ0n) is 10.9. The third kappa shape index (κ3) is 3.94. The van der Waals surface area contributed by atoms with Crippen molar-refractivity contribution in [2.45, 2.75) is 18.6 Å². The first kappa shape index (κ1) is 14.3. The van der Waals surface area contributed by atoms with Crippen molar-refractivity contribution in [3.8, 4) is 0 Å². The van der Waals surface area contributed by atoms with Gasteiger partial charge in [0.1, 0.15) is 11.9 Å². The lowest BCUT2D eigenvalue weighted by molar-refractivity contribution is -0.123. The Morgan fingerprint density at radius 2 is 1.85 bits per heavy atom. The van der Waals surface area contributed by atoms with Gasteiger partial charge < -0.3 is 19.9 Å². The minimum atomic E-state index is -0.886. The van der Waals surface area contributed by atoms with Crippen LogP contribution in [-0.2, 0) is 4.79 Å². The second-order valence-corrected chi connectivity index (χ2v) is 4.47. The molecule has 1 aromatic carbocycles. The number of aliphatic hydroxyl groups is 2. The highest BCUT2D eigenvalue weighted by Crippen LogP contribution is 2.16. The van der Waals surface area contributed by atoms with E-state index in [2.05, 4.69) is 5.32 Å². The van der Waals surface area contributed by atoms with Crippen LogP contribution in [0.2, 0.25) is 0 Å². The Hall–Kier alpha value is -2.11. The van der Waals surface area contributed by atoms with Crippen molar-refractivity contribution >= 4 is 5.91 Å². The fraction of sp³-hybridized carbons (Fsp3) is 0.267. The van der Waals surface area contributed by atoms with Gasteiger partial charge in [0, 0.05) is 0 Å². The first-order valence-electron chi connectivity index (χ1n) is 6.38. The van der Waals surface area contributed by atoms with E-state index in [4.69, 9.17) is 4.42 Å². The predicted molar refractivity (Wildman–Crippen MR) is 72.7 cm³/mol. The van der Waals surface area contributed by atoms with Crippen LogP contribution in [0.15, 0.2) is 53.1 Å². The van der Waals surface area contributed by atoms with Crippen LogP contribution in [0.3, 0.4) is 0 Å². The molecule has 0 aliphatic rings. The molecule has 5 nitrogen and oxygen atoms in total. The molecule has 106 valence electrons. The zero-order chi connectivity index (χ0) is 14.4. The fourth-order valence-electron chi connectivity index (χ4n) is 1.83. The lowest BCUT2D eigenvalue weighted by Crippen LogP contribution is -2.29. The Balaban J connectivity index is 1.78. The molecule has 3 N–H and O–H groups in total. The maximum atomic E-state index is 11.7. The molecule has 0 fully saturated rings. The standard InChI is InChI=1S/C15H17NO4/c17-12(11-5-2-1-3-6-11)9-15(19)16-10-13(18)14-7-4-8-20-14/h1-8,12-13,17-18H,9-10H2,(H,16,19). The number of furan rings is 1. The van der Waals surface area contributed by atoms with Crippen LogP contribution in [0.4, 0.5) is 0 Å². The minimum absolute atomic E-state index is 0.0467. The van der Waals surface area contributed by atoms with E-state index in [0.29, 0.717) is 11.3 Å². The molecule has 0 saturated carbocycles. The van der Waals surface area contributed by atoms with Gasteiger partial charge in [0.25, 0.3) is 0 Å². The number of hydrogen-bond donors (Lipinski definition) is 3. The summed E-state index contributed by atoms with van der Waals surface area (Å²) in [7, 11) is 0. The summed E-state index contributed by atoms with van der Waals surface area (Å²) in [4.78, 5) is 11.7. The van der Waals surface area contributed by atoms with E-state index < -0.39 is 12.2 Å². The van der Waals surface area contributed by atoms with Crippen LogP contribution < -0.4 is 5.32 Å². The summed E-state index contributed by atoms with van der Waals surface area (Å²) in [5.41, 5.74) is 0.689. The van der Waals surface area contributed by atoms with E-state index in [1.807, 2.05) is 6.07 Å². The number of nitrogens with one attached hydrogen (secondary N) is 1. The van der Waals surface area contributed by atoms with Gasteiger partial charge >= 0.3 is 0 Å². The van der Waals surface area contributed by atoms with E-state index >= 15 is 0 Å². The van der Waals surface area contributed by atoms with Gasteiger partial charge in [-0.05, 0) is 17.7 Å². The van der Waals surface area contributed by atoms with Gasteiger partial charge in [-0.3, -0.25) is 4.79 Å². The summed E-state index contributed by atoms with van der Waals surface area (Å²) < 4.78 is 5.03. The van der Waals surface area contributed by atoms with Gasteiger partial charge in [0.05, 0.1) is 25.3 Å². The van der Waals surface area contributed by atoms with Gasteiger partial charge in [0.15, 0.2) is 0 Å². The second kappa shape index (κ2) is 6.88. The van der Waals surface area contributed by atoms with Crippen LogP contribution in [0, 0.1) is 0 Å². The Bertz CT molecular complexity index is 524. The van der Waals surface area contributed by atoms with Gasteiger partial charge in [-0.15, -0.1) is 0 Å². The number of benzene rings is 1. The number of amides is 1. The number of carbonyl (C=O) groups excluding carboxylic acids is 1. The summed E-state index contributed by atoms with van der Waals surface area (Å²) in [6.07, 6.45) is -0.325. The van der Waals surface area contributed by atoms with Crippen molar-refractivity contribution in [3.63, 3.8) is 0 Å². The van der Waals surface area contributed by atoms with Crippen LogP contribution in [0.1, 0.15) is 30.0 Å². The summed E-state index contributed by atoms with van der Waals surface area (Å²) in [6, 6.07) is 12.3. The third-order valence-corrected chi connectivity index (χ3v) is 2.93. The van der Waals surface area contributed by atoms with Gasteiger partial charge in [-0.25, -0.2) is 0 Å². The molecular weight excluding hydrogens is 258 g/mol. The Morgan fingerprint density at radius 1 is 1.10 bits per heavy atom. The highest BCUT2D eigenvalue weighted by molar-refractivity contribution is 5.76. The Kier molecular flexibility index (Phi) is 4.92. The lowest BCUT2D eigenvalue weighted by atomic mass is 10.1. The molecular formula is C15H17NO4. The zero-order valence-corrected chi connectivity index (χ0v) is 10.9. The van der Waals surface area contributed by atoms with Gasteiger partial charge in [0.2, 0.25) is 5.91 Å². The fourth-order valence-corrected chi connectivity index (χ4v) is 1.83. The molecule has 1 aromatic heterocycles. The number of carbonyl (C=O) groups is 1. The van der Waals surface area contributed by atoms with Crippen molar-refractivity contribution in [2.75, 3.05) is 6.54 Å². The second-order valence-electron chi connectivity index (χ2n) is 4.47. The van der Waals surface area contributed by atoms with Gasteiger partial charge in [-0.1, -0.05) is 30.3 Å². The highest BCUT2D eigenvalue weighted by atomic mass is 16.4. The van der Waals surface area contributed by atoms with E-state index in [-0.39, 0.29) is 18.9 Å². The molecule has 0 aliphatic heterocycles. The van der Waals surface area contributed by atoms with Gasteiger partial charge in [-0.2, -0.15) is 0 Å². The van der Waals surface area contributed by atoms with Crippen molar-refractivity contribution < 1.29 is 19.4 Å². The molecule has 1 amide bonds. The normalized spacial score (nSPS) is 13.7. The molecule has 0 aliphatic carbocycles. The first-order valence-corrected chi connectivity index (χ1v) is 6.38. The molecule has 0 spiro atoms. The summed E-state index contributed by atoms with van der Waals surface area (Å²) in [5.74, 6) is 0.0702. The van der Waals surface area contributed by atoms with E-state index in [9.17, 15) is 15.0 Å². The molecule has 0 radical (unpaired) electrons. The third-order valence-electron chi connectivity index (χ3n) is 2.93. The SMILES string of the molecule is O=C(CC(O)c1ccccc1)NCC(O)c1ccco1. The maximum absolute atomic E-state index is 11.7. The average Bonchev–Trinajstić information content (AvgIpc) is 3.00. The van der Waals surface area contributed by atoms with Crippen molar-refractivity contribution in [1.29, 1.82) is 0 Å². The van der Waals surface area contributed by atoms with E-state index in [0.717, 1.165) is 0 Å². The quantitative estimate of drug-likeness (QED) is 0.747. The van der Waals surface area contributed by atoms with E-state index in [1.54, 1.807) is 36.4 Å². The number of hydrogen-bond acceptors (Lipinski definition) is 4. The molecule has 5 heteroatoms. The smallest absolute Gasteiger partial charge is 0.223 e. The minimum Gasteiger partial charge on any atom is -0.467 e. The average molecular weight is 275 g/mol. The first-order chi connectivity index (χ1) is 9.66. The summed E-state index contributed by atoms with van der Waals surface area (Å²) in [5, 5.41) is 22.2.